The van der Waals surface area contributed by atoms with Gasteiger partial charge in [0.15, 0.2) is 0 Å². The highest BCUT2D eigenvalue weighted by Crippen LogP contribution is 2.36. The molecule has 2 heteroatoms. The van der Waals surface area contributed by atoms with Crippen molar-refractivity contribution in [2.75, 3.05) is 19.6 Å². The van der Waals surface area contributed by atoms with E-state index in [1.54, 1.807) is 0 Å². The second-order valence-corrected chi connectivity index (χ2v) is 8.38. The Bertz CT molecular complexity index is 897. The summed E-state index contributed by atoms with van der Waals surface area (Å²) in [5, 5.41) is 10.3. The molecule has 1 aliphatic heterocycles. The topological polar surface area (TPSA) is 27.0 Å². The number of nitrogens with zero attached hydrogens (tertiary/aromatic N) is 2. The van der Waals surface area contributed by atoms with Gasteiger partial charge in [-0.3, -0.25) is 0 Å². The van der Waals surface area contributed by atoms with Gasteiger partial charge in [-0.25, -0.2) is 0 Å². The molecule has 2 nitrogen and oxygen atoms in total. The molecule has 30 heavy (non-hydrogen) atoms. The quantitative estimate of drug-likeness (QED) is 0.480. The first kappa shape index (κ1) is 20.4. The summed E-state index contributed by atoms with van der Waals surface area (Å²) in [6.07, 6.45) is 4.32. The SMILES string of the molecule is N#CC(CCCN1CCC(c2ccccc2)CC1)(c1ccccc1)c1ccccc1. The van der Waals surface area contributed by atoms with Crippen molar-refractivity contribution >= 4 is 0 Å². The zero-order chi connectivity index (χ0) is 20.7. The molecule has 0 radical (unpaired) electrons. The normalized spacial score (nSPS) is 15.6. The molecule has 0 atom stereocenters. The zero-order valence-corrected chi connectivity index (χ0v) is 17.6. The molecule has 4 rings (SSSR count). The van der Waals surface area contributed by atoms with Crippen LogP contribution in [0.5, 0.6) is 0 Å². The fourth-order valence-corrected chi connectivity index (χ4v) is 4.87. The molecule has 0 unspecified atom stereocenters. The molecule has 1 saturated heterocycles. The van der Waals surface area contributed by atoms with Gasteiger partial charge in [0.05, 0.1) is 6.07 Å². The van der Waals surface area contributed by atoms with Crippen LogP contribution in [0, 0.1) is 11.3 Å². The molecule has 0 bridgehead atoms. The van der Waals surface area contributed by atoms with Gasteiger partial charge in [0.25, 0.3) is 0 Å². The fraction of sp³-hybridized carbons (Fsp3) is 0.321. The van der Waals surface area contributed by atoms with E-state index in [4.69, 9.17) is 0 Å². The van der Waals surface area contributed by atoms with Gasteiger partial charge in [-0.2, -0.15) is 5.26 Å². The molecule has 0 aliphatic carbocycles. The van der Waals surface area contributed by atoms with Crippen molar-refractivity contribution in [3.05, 3.63) is 108 Å². The van der Waals surface area contributed by atoms with Gasteiger partial charge in [0, 0.05) is 0 Å². The van der Waals surface area contributed by atoms with Crippen molar-refractivity contribution in [3.63, 3.8) is 0 Å². The average Bonchev–Trinajstić information content (AvgIpc) is 2.84. The second kappa shape index (κ2) is 9.74. The molecule has 1 fully saturated rings. The summed E-state index contributed by atoms with van der Waals surface area (Å²) >= 11 is 0. The van der Waals surface area contributed by atoms with E-state index in [1.165, 1.54) is 18.4 Å². The fourth-order valence-electron chi connectivity index (χ4n) is 4.87. The molecular weight excluding hydrogens is 364 g/mol. The Labute approximate surface area is 180 Å². The molecule has 0 spiro atoms. The van der Waals surface area contributed by atoms with Crippen molar-refractivity contribution in [1.29, 1.82) is 5.26 Å². The zero-order valence-electron chi connectivity index (χ0n) is 17.6. The first-order valence-electron chi connectivity index (χ1n) is 11.1. The molecule has 3 aromatic carbocycles. The summed E-state index contributed by atoms with van der Waals surface area (Å²) in [7, 11) is 0. The third-order valence-corrected chi connectivity index (χ3v) is 6.61. The molecule has 0 saturated carbocycles. The van der Waals surface area contributed by atoms with E-state index < -0.39 is 5.41 Å². The minimum absolute atomic E-state index is 0.578. The van der Waals surface area contributed by atoms with E-state index in [1.807, 2.05) is 36.4 Å². The van der Waals surface area contributed by atoms with Crippen LogP contribution in [0.2, 0.25) is 0 Å². The number of piperidine rings is 1. The van der Waals surface area contributed by atoms with Crippen LogP contribution < -0.4 is 0 Å². The summed E-state index contributed by atoms with van der Waals surface area (Å²) in [4.78, 5) is 2.58. The number of rotatable bonds is 7. The van der Waals surface area contributed by atoms with Crippen molar-refractivity contribution in [2.24, 2.45) is 0 Å². The van der Waals surface area contributed by atoms with E-state index >= 15 is 0 Å². The summed E-state index contributed by atoms with van der Waals surface area (Å²) in [6, 6.07) is 34.2. The number of likely N-dealkylation sites (tertiary alicyclic amines) is 1. The maximum Gasteiger partial charge on any atom is 0.107 e. The molecule has 1 aliphatic rings. The largest absolute Gasteiger partial charge is 0.303 e. The van der Waals surface area contributed by atoms with Crippen molar-refractivity contribution in [3.8, 4) is 6.07 Å². The Balaban J connectivity index is 1.40. The molecule has 1 heterocycles. The van der Waals surface area contributed by atoms with E-state index in [0.29, 0.717) is 5.92 Å². The van der Waals surface area contributed by atoms with Crippen LogP contribution in [0.4, 0.5) is 0 Å². The number of hydrogen-bond acceptors (Lipinski definition) is 2. The smallest absolute Gasteiger partial charge is 0.107 e. The maximum atomic E-state index is 10.3. The summed E-state index contributed by atoms with van der Waals surface area (Å²) in [5.41, 5.74) is 3.10. The van der Waals surface area contributed by atoms with Crippen LogP contribution >= 0.6 is 0 Å². The Morgan fingerprint density at radius 3 is 1.77 bits per heavy atom. The Morgan fingerprint density at radius 2 is 1.27 bits per heavy atom. The Hall–Kier alpha value is -2.89. The van der Waals surface area contributed by atoms with E-state index in [0.717, 1.165) is 43.6 Å². The van der Waals surface area contributed by atoms with Crippen molar-refractivity contribution in [2.45, 2.75) is 37.0 Å². The standard InChI is InChI=1S/C28H30N2/c29-23-28(26-13-6-2-7-14-26,27-15-8-3-9-16-27)19-10-20-30-21-17-25(18-22-30)24-11-4-1-5-12-24/h1-9,11-16,25H,10,17-22H2. The van der Waals surface area contributed by atoms with Gasteiger partial charge in [0.2, 0.25) is 0 Å². The minimum atomic E-state index is -0.578. The highest BCUT2D eigenvalue weighted by atomic mass is 15.1. The second-order valence-electron chi connectivity index (χ2n) is 8.38. The predicted molar refractivity (Wildman–Crippen MR) is 123 cm³/mol. The Kier molecular flexibility index (Phi) is 6.62. The average molecular weight is 395 g/mol. The van der Waals surface area contributed by atoms with Crippen molar-refractivity contribution < 1.29 is 0 Å². The first-order chi connectivity index (χ1) is 14.8. The highest BCUT2D eigenvalue weighted by molar-refractivity contribution is 5.45. The van der Waals surface area contributed by atoms with Crippen LogP contribution in [-0.2, 0) is 5.41 Å². The summed E-state index contributed by atoms with van der Waals surface area (Å²) in [6.45, 7) is 3.36. The molecule has 0 amide bonds. The molecule has 3 aromatic rings. The van der Waals surface area contributed by atoms with Gasteiger partial charge < -0.3 is 4.90 Å². The lowest BCUT2D eigenvalue weighted by Gasteiger charge is -2.33. The number of benzene rings is 3. The van der Waals surface area contributed by atoms with E-state index in [2.05, 4.69) is 65.6 Å². The number of hydrogen-bond donors (Lipinski definition) is 0. The molecule has 0 N–H and O–H groups in total. The van der Waals surface area contributed by atoms with Gasteiger partial charge >= 0.3 is 0 Å². The molecular formula is C28H30N2. The van der Waals surface area contributed by atoms with Crippen LogP contribution in [0.1, 0.15) is 48.3 Å². The maximum absolute atomic E-state index is 10.3. The van der Waals surface area contributed by atoms with E-state index in [-0.39, 0.29) is 0 Å². The van der Waals surface area contributed by atoms with Crippen LogP contribution in [0.25, 0.3) is 0 Å². The predicted octanol–water partition coefficient (Wildman–Crippen LogP) is 6.16. The molecule has 152 valence electrons. The van der Waals surface area contributed by atoms with Gasteiger partial charge in [-0.15, -0.1) is 0 Å². The van der Waals surface area contributed by atoms with Crippen molar-refractivity contribution in [1.82, 2.24) is 4.90 Å². The van der Waals surface area contributed by atoms with Gasteiger partial charge in [-0.1, -0.05) is 91.0 Å². The van der Waals surface area contributed by atoms with Gasteiger partial charge in [-0.05, 0) is 67.9 Å². The monoisotopic (exact) mass is 394 g/mol. The first-order valence-corrected chi connectivity index (χ1v) is 11.1. The lowest BCUT2D eigenvalue weighted by atomic mass is 9.72. The number of nitriles is 1. The van der Waals surface area contributed by atoms with Gasteiger partial charge in [0.1, 0.15) is 5.41 Å². The van der Waals surface area contributed by atoms with E-state index in [9.17, 15) is 5.26 Å². The summed E-state index contributed by atoms with van der Waals surface area (Å²) < 4.78 is 0. The van der Waals surface area contributed by atoms with Crippen LogP contribution in [0.15, 0.2) is 91.0 Å². The Morgan fingerprint density at radius 1 is 0.767 bits per heavy atom. The third-order valence-electron chi connectivity index (χ3n) is 6.61. The van der Waals surface area contributed by atoms with Crippen LogP contribution in [0.3, 0.4) is 0 Å². The summed E-state index contributed by atoms with van der Waals surface area (Å²) in [5.74, 6) is 0.689. The van der Waals surface area contributed by atoms with Crippen LogP contribution in [-0.4, -0.2) is 24.5 Å². The molecule has 0 aromatic heterocycles. The minimum Gasteiger partial charge on any atom is -0.303 e. The third kappa shape index (κ3) is 4.48. The highest BCUT2D eigenvalue weighted by Gasteiger charge is 2.34. The lowest BCUT2D eigenvalue weighted by molar-refractivity contribution is 0.206. The lowest BCUT2D eigenvalue weighted by Crippen LogP contribution is -2.35.